The van der Waals surface area contributed by atoms with Crippen molar-refractivity contribution >= 4 is 5.71 Å². The van der Waals surface area contributed by atoms with Crippen molar-refractivity contribution < 1.29 is 9.94 Å². The number of hydrogen-bond donors (Lipinski definition) is 1. The number of nitrogens with zero attached hydrogens (tertiary/aromatic N) is 2. The van der Waals surface area contributed by atoms with Gasteiger partial charge in [0.05, 0.1) is 5.71 Å². The zero-order valence-electron chi connectivity index (χ0n) is 9.56. The average molecular weight is 218 g/mol. The Balaban J connectivity index is 3.14. The Morgan fingerprint density at radius 2 is 2.25 bits per heavy atom. The van der Waals surface area contributed by atoms with Crippen molar-refractivity contribution in [2.45, 2.75) is 26.9 Å². The number of ether oxygens (including phenoxy) is 1. The van der Waals surface area contributed by atoms with Crippen LogP contribution in [-0.2, 0) is 0 Å². The van der Waals surface area contributed by atoms with Gasteiger partial charge in [0, 0.05) is 5.56 Å². The number of oxime groups is 1. The molecule has 0 amide bonds. The van der Waals surface area contributed by atoms with Gasteiger partial charge in [-0.05, 0) is 32.9 Å². The number of benzene rings is 1. The summed E-state index contributed by atoms with van der Waals surface area (Å²) in [7, 11) is 0. The van der Waals surface area contributed by atoms with E-state index in [-0.39, 0.29) is 0 Å². The monoisotopic (exact) mass is 218 g/mol. The Hall–Kier alpha value is -2.02. The third-order valence-corrected chi connectivity index (χ3v) is 2.16. The average Bonchev–Trinajstić information content (AvgIpc) is 2.30. The largest absolute Gasteiger partial charge is 0.475 e. The first-order chi connectivity index (χ1) is 7.58. The summed E-state index contributed by atoms with van der Waals surface area (Å²) in [6.07, 6.45) is -0.534. The second-order valence-electron chi connectivity index (χ2n) is 3.57. The molecule has 1 N–H and O–H groups in total. The minimum atomic E-state index is -0.534. The highest BCUT2D eigenvalue weighted by atomic mass is 16.5. The second kappa shape index (κ2) is 5.17. The quantitative estimate of drug-likeness (QED) is 0.481. The molecule has 1 unspecified atom stereocenters. The Morgan fingerprint density at radius 1 is 1.56 bits per heavy atom. The first kappa shape index (κ1) is 12.1. The summed E-state index contributed by atoms with van der Waals surface area (Å²) in [5.74, 6) is 0.551. The van der Waals surface area contributed by atoms with E-state index in [1.54, 1.807) is 19.9 Å². The lowest BCUT2D eigenvalue weighted by molar-refractivity contribution is 0.275. The third kappa shape index (κ3) is 2.74. The van der Waals surface area contributed by atoms with Crippen molar-refractivity contribution in [3.63, 3.8) is 0 Å². The number of aryl methyl sites for hydroxylation is 1. The van der Waals surface area contributed by atoms with E-state index in [0.717, 1.165) is 5.56 Å². The van der Waals surface area contributed by atoms with Crippen LogP contribution in [0.15, 0.2) is 23.4 Å². The highest BCUT2D eigenvalue weighted by Crippen LogP contribution is 2.22. The van der Waals surface area contributed by atoms with Crippen LogP contribution in [0.3, 0.4) is 0 Å². The summed E-state index contributed by atoms with van der Waals surface area (Å²) < 4.78 is 5.42. The summed E-state index contributed by atoms with van der Waals surface area (Å²) in [6, 6.07) is 7.50. The molecule has 0 fully saturated rings. The van der Waals surface area contributed by atoms with Crippen molar-refractivity contribution in [3.8, 4) is 11.8 Å². The van der Waals surface area contributed by atoms with Gasteiger partial charge in [-0.3, -0.25) is 0 Å². The van der Waals surface area contributed by atoms with Gasteiger partial charge in [0.2, 0.25) is 0 Å². The molecule has 4 nitrogen and oxygen atoms in total. The Bertz CT molecular complexity index is 447. The van der Waals surface area contributed by atoms with Gasteiger partial charge < -0.3 is 9.94 Å². The van der Waals surface area contributed by atoms with E-state index < -0.39 is 6.10 Å². The lowest BCUT2D eigenvalue weighted by atomic mass is 10.1. The zero-order chi connectivity index (χ0) is 12.1. The predicted octanol–water partition coefficient (Wildman–Crippen LogP) is 2.48. The molecule has 0 saturated carbocycles. The predicted molar refractivity (Wildman–Crippen MR) is 60.9 cm³/mol. The lowest BCUT2D eigenvalue weighted by Gasteiger charge is -2.12. The fraction of sp³-hybridized carbons (Fsp3) is 0.333. The molecule has 0 spiro atoms. The molecular weight excluding hydrogens is 204 g/mol. The molecule has 16 heavy (non-hydrogen) atoms. The molecule has 0 aliphatic carbocycles. The van der Waals surface area contributed by atoms with Crippen LogP contribution in [-0.4, -0.2) is 17.0 Å². The molecule has 0 saturated heterocycles. The smallest absolute Gasteiger partial charge is 0.181 e. The van der Waals surface area contributed by atoms with Crippen molar-refractivity contribution in [3.05, 3.63) is 29.3 Å². The molecule has 4 heteroatoms. The molecule has 1 aromatic carbocycles. The maximum absolute atomic E-state index is 8.76. The standard InChI is InChI=1S/C12H14N2O2/c1-8-4-5-12(16-9(2)7-13)11(6-8)10(3)14-15/h4-6,9,15H,1-3H3. The maximum Gasteiger partial charge on any atom is 0.181 e. The normalized spacial score (nSPS) is 13.0. The van der Waals surface area contributed by atoms with Gasteiger partial charge in [0.25, 0.3) is 0 Å². The fourth-order valence-electron chi connectivity index (χ4n) is 1.30. The van der Waals surface area contributed by atoms with Crippen molar-refractivity contribution in [2.24, 2.45) is 5.16 Å². The molecule has 1 aromatic rings. The van der Waals surface area contributed by atoms with E-state index in [2.05, 4.69) is 5.16 Å². The number of rotatable bonds is 3. The Kier molecular flexibility index (Phi) is 3.90. The molecular formula is C12H14N2O2. The van der Waals surface area contributed by atoms with Crippen LogP contribution in [0.4, 0.5) is 0 Å². The molecule has 1 atom stereocenters. The molecule has 0 radical (unpaired) electrons. The maximum atomic E-state index is 8.76. The van der Waals surface area contributed by atoms with Crippen LogP contribution in [0.25, 0.3) is 0 Å². The Labute approximate surface area is 94.8 Å². The summed E-state index contributed by atoms with van der Waals surface area (Å²) >= 11 is 0. The van der Waals surface area contributed by atoms with Crippen LogP contribution in [0, 0.1) is 18.3 Å². The van der Waals surface area contributed by atoms with Crippen LogP contribution >= 0.6 is 0 Å². The van der Waals surface area contributed by atoms with Crippen molar-refractivity contribution in [1.29, 1.82) is 5.26 Å². The van der Waals surface area contributed by atoms with Gasteiger partial charge in [0.15, 0.2) is 6.10 Å². The van der Waals surface area contributed by atoms with Crippen molar-refractivity contribution in [2.75, 3.05) is 0 Å². The summed E-state index contributed by atoms with van der Waals surface area (Å²) in [5.41, 5.74) is 2.20. The number of hydrogen-bond acceptors (Lipinski definition) is 4. The molecule has 1 rings (SSSR count). The SMILES string of the molecule is CC(=NO)c1cc(C)ccc1OC(C)C#N. The van der Waals surface area contributed by atoms with E-state index in [9.17, 15) is 0 Å². The first-order valence-electron chi connectivity index (χ1n) is 4.94. The molecule has 0 aromatic heterocycles. The van der Waals surface area contributed by atoms with Gasteiger partial charge in [-0.15, -0.1) is 0 Å². The van der Waals surface area contributed by atoms with E-state index in [0.29, 0.717) is 17.0 Å². The Morgan fingerprint density at radius 3 is 2.81 bits per heavy atom. The van der Waals surface area contributed by atoms with Crippen LogP contribution in [0.5, 0.6) is 5.75 Å². The van der Waals surface area contributed by atoms with Crippen LogP contribution < -0.4 is 4.74 Å². The second-order valence-corrected chi connectivity index (χ2v) is 3.57. The van der Waals surface area contributed by atoms with E-state index in [4.69, 9.17) is 15.2 Å². The highest BCUT2D eigenvalue weighted by Gasteiger charge is 2.10. The zero-order valence-corrected chi connectivity index (χ0v) is 9.56. The van der Waals surface area contributed by atoms with Gasteiger partial charge in [-0.25, -0.2) is 0 Å². The van der Waals surface area contributed by atoms with Gasteiger partial charge in [0.1, 0.15) is 11.8 Å². The molecule has 84 valence electrons. The molecule has 0 aliphatic rings. The summed E-state index contributed by atoms with van der Waals surface area (Å²) in [6.45, 7) is 5.28. The van der Waals surface area contributed by atoms with Crippen molar-refractivity contribution in [1.82, 2.24) is 0 Å². The van der Waals surface area contributed by atoms with E-state index in [1.165, 1.54) is 0 Å². The third-order valence-electron chi connectivity index (χ3n) is 2.16. The molecule has 0 heterocycles. The minimum Gasteiger partial charge on any atom is -0.475 e. The van der Waals surface area contributed by atoms with Crippen LogP contribution in [0.1, 0.15) is 25.0 Å². The highest BCUT2D eigenvalue weighted by molar-refractivity contribution is 6.00. The van der Waals surface area contributed by atoms with Gasteiger partial charge in [-0.1, -0.05) is 16.8 Å². The fourth-order valence-corrected chi connectivity index (χ4v) is 1.30. The van der Waals surface area contributed by atoms with E-state index in [1.807, 2.05) is 25.1 Å². The summed E-state index contributed by atoms with van der Waals surface area (Å²) in [4.78, 5) is 0. The van der Waals surface area contributed by atoms with Gasteiger partial charge in [-0.2, -0.15) is 5.26 Å². The van der Waals surface area contributed by atoms with Crippen LogP contribution in [0.2, 0.25) is 0 Å². The lowest BCUT2D eigenvalue weighted by Crippen LogP contribution is -2.11. The number of nitriles is 1. The molecule has 0 aliphatic heterocycles. The minimum absolute atomic E-state index is 0.462. The van der Waals surface area contributed by atoms with E-state index >= 15 is 0 Å². The molecule has 0 bridgehead atoms. The van der Waals surface area contributed by atoms with Gasteiger partial charge >= 0.3 is 0 Å². The summed E-state index contributed by atoms with van der Waals surface area (Å²) in [5, 5.41) is 20.6. The first-order valence-corrected chi connectivity index (χ1v) is 4.94. The topological polar surface area (TPSA) is 65.6 Å².